The van der Waals surface area contributed by atoms with Gasteiger partial charge in [-0.1, -0.05) is 0 Å². The van der Waals surface area contributed by atoms with E-state index in [1.54, 1.807) is 6.92 Å². The first-order valence-electron chi connectivity index (χ1n) is 6.59. The molecule has 1 aromatic rings. The maximum Gasteiger partial charge on any atom is 0.345 e. The Labute approximate surface area is 123 Å². The van der Waals surface area contributed by atoms with E-state index in [9.17, 15) is 13.2 Å². The molecule has 1 fully saturated rings. The normalized spacial score (nSPS) is 16.1. The van der Waals surface area contributed by atoms with Crippen LogP contribution >= 0.6 is 11.3 Å². The van der Waals surface area contributed by atoms with Crippen LogP contribution in [0.3, 0.4) is 0 Å². The third kappa shape index (κ3) is 3.05. The number of hydrogen-bond acceptors (Lipinski definition) is 4. The summed E-state index contributed by atoms with van der Waals surface area (Å²) in [6, 6.07) is 1.15. The number of rotatable bonds is 6. The summed E-state index contributed by atoms with van der Waals surface area (Å²) in [5.41, 5.74) is 0. The van der Waals surface area contributed by atoms with Crippen molar-refractivity contribution in [1.82, 2.24) is 4.31 Å². The molecule has 1 aromatic heterocycles. The van der Waals surface area contributed by atoms with E-state index in [1.807, 2.05) is 13.8 Å². The summed E-state index contributed by atoms with van der Waals surface area (Å²) in [6.45, 7) is 5.87. The minimum Gasteiger partial charge on any atom is -0.477 e. The molecule has 0 saturated heterocycles. The highest BCUT2D eigenvalue weighted by atomic mass is 32.2. The zero-order valence-corrected chi connectivity index (χ0v) is 13.4. The third-order valence-corrected chi connectivity index (χ3v) is 6.72. The Morgan fingerprint density at radius 2 is 2.10 bits per heavy atom. The number of carboxylic acid groups (broad SMARTS) is 1. The van der Waals surface area contributed by atoms with Gasteiger partial charge in [0.25, 0.3) is 0 Å². The average molecular weight is 317 g/mol. The molecule has 20 heavy (non-hydrogen) atoms. The minimum atomic E-state index is -3.62. The van der Waals surface area contributed by atoms with Crippen molar-refractivity contribution < 1.29 is 18.3 Å². The van der Waals surface area contributed by atoms with Crippen LogP contribution in [0.1, 0.15) is 41.2 Å². The molecule has 0 bridgehead atoms. The number of aryl methyl sites for hydroxylation is 1. The second kappa shape index (κ2) is 5.46. The van der Waals surface area contributed by atoms with Gasteiger partial charge in [-0.25, -0.2) is 13.2 Å². The fraction of sp³-hybridized carbons (Fsp3) is 0.615. The van der Waals surface area contributed by atoms with Crippen LogP contribution in [0.2, 0.25) is 0 Å². The highest BCUT2D eigenvalue weighted by Gasteiger charge is 2.35. The van der Waals surface area contributed by atoms with Crippen LogP contribution in [0.15, 0.2) is 11.0 Å². The second-order valence-corrected chi connectivity index (χ2v) is 8.56. The van der Waals surface area contributed by atoms with Gasteiger partial charge in [-0.2, -0.15) is 4.31 Å². The first-order chi connectivity index (χ1) is 9.23. The first kappa shape index (κ1) is 15.5. The first-order valence-corrected chi connectivity index (χ1v) is 8.84. The Balaban J connectivity index is 2.38. The molecular weight excluding hydrogens is 298 g/mol. The summed E-state index contributed by atoms with van der Waals surface area (Å²) < 4.78 is 27.0. The van der Waals surface area contributed by atoms with Crippen molar-refractivity contribution in [3.8, 4) is 0 Å². The lowest BCUT2D eigenvalue weighted by molar-refractivity contribution is 0.0702. The lowest BCUT2D eigenvalue weighted by atomic mass is 10.3. The number of thiophene rings is 1. The van der Waals surface area contributed by atoms with Crippen molar-refractivity contribution in [1.29, 1.82) is 0 Å². The molecule has 0 spiro atoms. The fourth-order valence-corrected chi connectivity index (χ4v) is 5.21. The van der Waals surface area contributed by atoms with Crippen molar-refractivity contribution in [3.05, 3.63) is 15.8 Å². The molecule has 0 aromatic carbocycles. The summed E-state index contributed by atoms with van der Waals surface area (Å²) in [7, 11) is -3.62. The molecule has 1 aliphatic rings. The van der Waals surface area contributed by atoms with Gasteiger partial charge in [-0.3, -0.25) is 0 Å². The molecule has 0 amide bonds. The summed E-state index contributed by atoms with van der Waals surface area (Å²) in [5.74, 6) is -0.636. The number of hydrogen-bond donors (Lipinski definition) is 1. The van der Waals surface area contributed by atoms with Crippen LogP contribution < -0.4 is 0 Å². The Morgan fingerprint density at radius 3 is 2.50 bits per heavy atom. The zero-order valence-electron chi connectivity index (χ0n) is 11.8. The molecule has 1 aliphatic carbocycles. The largest absolute Gasteiger partial charge is 0.477 e. The third-order valence-electron chi connectivity index (χ3n) is 3.38. The van der Waals surface area contributed by atoms with E-state index in [-0.39, 0.29) is 15.8 Å². The van der Waals surface area contributed by atoms with Gasteiger partial charge in [0.15, 0.2) is 0 Å². The van der Waals surface area contributed by atoms with Crippen molar-refractivity contribution in [3.63, 3.8) is 0 Å². The molecule has 0 aliphatic heterocycles. The smallest absolute Gasteiger partial charge is 0.345 e. The molecule has 0 atom stereocenters. The quantitative estimate of drug-likeness (QED) is 0.875. The summed E-state index contributed by atoms with van der Waals surface area (Å²) >= 11 is 1.01. The van der Waals surface area contributed by atoms with Gasteiger partial charge in [0.1, 0.15) is 4.88 Å². The number of carboxylic acids is 1. The topological polar surface area (TPSA) is 74.7 Å². The van der Waals surface area contributed by atoms with Crippen LogP contribution in [0.5, 0.6) is 0 Å². The summed E-state index contributed by atoms with van der Waals surface area (Å²) in [5, 5.41) is 8.99. The van der Waals surface area contributed by atoms with Crippen molar-refractivity contribution in [2.75, 3.05) is 6.54 Å². The average Bonchev–Trinajstić information content (AvgIpc) is 3.06. The molecule has 0 unspecified atom stereocenters. The van der Waals surface area contributed by atoms with Crippen LogP contribution in [-0.2, 0) is 10.0 Å². The van der Waals surface area contributed by atoms with E-state index in [0.29, 0.717) is 17.3 Å². The van der Waals surface area contributed by atoms with Gasteiger partial charge >= 0.3 is 5.97 Å². The minimum absolute atomic E-state index is 0.0659. The van der Waals surface area contributed by atoms with Crippen LogP contribution in [-0.4, -0.2) is 36.4 Å². The van der Waals surface area contributed by atoms with Gasteiger partial charge in [-0.15, -0.1) is 11.3 Å². The maximum absolute atomic E-state index is 12.7. The van der Waals surface area contributed by atoms with Crippen molar-refractivity contribution in [2.24, 2.45) is 5.92 Å². The number of nitrogens with zero attached hydrogens (tertiary/aromatic N) is 1. The second-order valence-electron chi connectivity index (χ2n) is 5.45. The molecule has 1 heterocycles. The standard InChI is InChI=1S/C13H19NO4S2/c1-8(2)14(7-10-4-5-10)20(17,18)12-6-11(13(15)16)19-9(12)3/h6,8,10H,4-5,7H2,1-3H3,(H,15,16). The van der Waals surface area contributed by atoms with E-state index >= 15 is 0 Å². The van der Waals surface area contributed by atoms with E-state index in [4.69, 9.17) is 5.11 Å². The van der Waals surface area contributed by atoms with E-state index in [2.05, 4.69) is 0 Å². The summed E-state index contributed by atoms with van der Waals surface area (Å²) in [6.07, 6.45) is 2.14. The molecule has 0 radical (unpaired) electrons. The Morgan fingerprint density at radius 1 is 1.50 bits per heavy atom. The predicted octanol–water partition coefficient (Wildman–Crippen LogP) is 2.56. The Kier molecular flexibility index (Phi) is 4.22. The Hall–Kier alpha value is -0.920. The highest BCUT2D eigenvalue weighted by Crippen LogP contribution is 2.34. The molecule has 2 rings (SSSR count). The monoisotopic (exact) mass is 317 g/mol. The van der Waals surface area contributed by atoms with E-state index < -0.39 is 16.0 Å². The Bertz CT molecular complexity index is 614. The van der Waals surface area contributed by atoms with E-state index in [1.165, 1.54) is 10.4 Å². The van der Waals surface area contributed by atoms with Gasteiger partial charge in [0.2, 0.25) is 10.0 Å². The lowest BCUT2D eigenvalue weighted by Crippen LogP contribution is -2.38. The molecule has 5 nitrogen and oxygen atoms in total. The number of sulfonamides is 1. The SMILES string of the molecule is Cc1sc(C(=O)O)cc1S(=O)(=O)N(CC1CC1)C(C)C. The van der Waals surface area contributed by atoms with Crippen molar-refractivity contribution in [2.45, 2.75) is 44.6 Å². The fourth-order valence-electron chi connectivity index (χ4n) is 2.09. The van der Waals surface area contributed by atoms with E-state index in [0.717, 1.165) is 24.2 Å². The van der Waals surface area contributed by atoms with Gasteiger partial charge < -0.3 is 5.11 Å². The number of aromatic carboxylic acids is 1. The van der Waals surface area contributed by atoms with Crippen LogP contribution in [0.25, 0.3) is 0 Å². The maximum atomic E-state index is 12.7. The molecule has 1 saturated carbocycles. The lowest BCUT2D eigenvalue weighted by Gasteiger charge is -2.25. The van der Waals surface area contributed by atoms with Gasteiger partial charge in [-0.05, 0) is 45.6 Å². The molecular formula is C13H19NO4S2. The number of carbonyl (C=O) groups is 1. The molecule has 112 valence electrons. The van der Waals surface area contributed by atoms with Crippen LogP contribution in [0.4, 0.5) is 0 Å². The summed E-state index contributed by atoms with van der Waals surface area (Å²) in [4.78, 5) is 11.7. The highest BCUT2D eigenvalue weighted by molar-refractivity contribution is 7.89. The molecule has 7 heteroatoms. The van der Waals surface area contributed by atoms with Gasteiger partial charge in [0, 0.05) is 17.5 Å². The van der Waals surface area contributed by atoms with Gasteiger partial charge in [0.05, 0.1) is 4.90 Å². The van der Waals surface area contributed by atoms with Crippen molar-refractivity contribution >= 4 is 27.3 Å². The zero-order chi connectivity index (χ0) is 15.1. The van der Waals surface area contributed by atoms with Crippen LogP contribution in [0, 0.1) is 12.8 Å². The predicted molar refractivity (Wildman–Crippen MR) is 77.8 cm³/mol. The molecule has 1 N–H and O–H groups in total.